The summed E-state index contributed by atoms with van der Waals surface area (Å²) in [5.41, 5.74) is 5.08. The molecule has 0 atom stereocenters. The van der Waals surface area contributed by atoms with Crippen molar-refractivity contribution in [2.24, 2.45) is 5.73 Å². The van der Waals surface area contributed by atoms with Crippen LogP contribution in [0.4, 0.5) is 13.2 Å². The normalized spacial score (nSPS) is 11.2. The van der Waals surface area contributed by atoms with E-state index in [-0.39, 0.29) is 16.9 Å². The van der Waals surface area contributed by atoms with E-state index in [2.05, 4.69) is 10.3 Å². The van der Waals surface area contributed by atoms with Gasteiger partial charge in [0.05, 0.1) is 23.6 Å². The van der Waals surface area contributed by atoms with E-state index in [0.717, 1.165) is 6.07 Å². The summed E-state index contributed by atoms with van der Waals surface area (Å²) in [7, 11) is 0. The third-order valence-corrected chi connectivity index (χ3v) is 3.92. The van der Waals surface area contributed by atoms with Gasteiger partial charge in [-0.25, -0.2) is 4.68 Å². The summed E-state index contributed by atoms with van der Waals surface area (Å²) >= 11 is 0. The molecule has 8 nitrogen and oxygen atoms in total. The van der Waals surface area contributed by atoms with Gasteiger partial charge in [0.15, 0.2) is 5.75 Å². The number of alkyl halides is 3. The maximum Gasteiger partial charge on any atom is 0.416 e. The molecule has 0 aliphatic carbocycles. The lowest BCUT2D eigenvalue weighted by Crippen LogP contribution is -2.44. The summed E-state index contributed by atoms with van der Waals surface area (Å²) < 4.78 is 40.5. The number of aryl methyl sites for hydroxylation is 1. The first-order chi connectivity index (χ1) is 13.7. The number of nitrogens with zero attached hydrogens (tertiary/aromatic N) is 4. The van der Waals surface area contributed by atoms with Crippen molar-refractivity contribution in [3.63, 3.8) is 0 Å². The van der Waals surface area contributed by atoms with E-state index < -0.39 is 23.6 Å². The Balaban J connectivity index is 1.87. The molecule has 0 aliphatic rings. The Labute approximate surface area is 162 Å². The van der Waals surface area contributed by atoms with Crippen LogP contribution >= 0.6 is 0 Å². The maximum atomic E-state index is 13.0. The summed E-state index contributed by atoms with van der Waals surface area (Å²) in [6.07, 6.45) is -1.50. The molecule has 0 saturated carbocycles. The van der Waals surface area contributed by atoms with Crippen LogP contribution in [0, 0.1) is 12.3 Å². The Hall–Kier alpha value is -3.89. The number of rotatable bonds is 4. The van der Waals surface area contributed by atoms with Crippen molar-refractivity contribution in [3.05, 3.63) is 71.5 Å². The predicted molar refractivity (Wildman–Crippen MR) is 96.3 cm³/mol. The van der Waals surface area contributed by atoms with Gasteiger partial charge in [0.25, 0.3) is 5.91 Å². The van der Waals surface area contributed by atoms with Gasteiger partial charge < -0.3 is 10.6 Å². The lowest BCUT2D eigenvalue weighted by Gasteiger charge is -2.21. The van der Waals surface area contributed by atoms with Gasteiger partial charge in [0.1, 0.15) is 0 Å². The highest BCUT2D eigenvalue weighted by Gasteiger charge is 2.32. The van der Waals surface area contributed by atoms with Gasteiger partial charge in [-0.3, -0.25) is 10.2 Å². The molecule has 3 aromatic rings. The molecule has 1 amide bonds. The van der Waals surface area contributed by atoms with E-state index in [1.165, 1.54) is 36.0 Å². The van der Waals surface area contributed by atoms with Gasteiger partial charge in [0.2, 0.25) is 5.96 Å². The van der Waals surface area contributed by atoms with Crippen molar-refractivity contribution in [1.82, 2.24) is 20.1 Å². The van der Waals surface area contributed by atoms with Crippen LogP contribution in [0.5, 0.6) is 5.75 Å². The molecule has 1 aromatic heterocycles. The minimum Gasteiger partial charge on any atom is -0.369 e. The summed E-state index contributed by atoms with van der Waals surface area (Å²) in [5.74, 6) is -1.64. The van der Waals surface area contributed by atoms with Crippen LogP contribution in [-0.4, -0.2) is 31.9 Å². The van der Waals surface area contributed by atoms with Crippen LogP contribution in [0.15, 0.2) is 54.9 Å². The molecule has 1 heterocycles. The third-order valence-electron chi connectivity index (χ3n) is 3.92. The fourth-order valence-electron chi connectivity index (χ4n) is 2.45. The second kappa shape index (κ2) is 7.62. The van der Waals surface area contributed by atoms with Crippen LogP contribution in [0.3, 0.4) is 0 Å². The molecule has 2 aromatic carbocycles. The highest BCUT2D eigenvalue weighted by molar-refractivity contribution is 6.04. The maximum absolute atomic E-state index is 13.0. The molecule has 0 radical (unpaired) electrons. The van der Waals surface area contributed by atoms with Crippen molar-refractivity contribution in [3.8, 4) is 11.4 Å². The van der Waals surface area contributed by atoms with Gasteiger partial charge in [-0.05, 0) is 48.9 Å². The molecule has 0 bridgehead atoms. The zero-order valence-corrected chi connectivity index (χ0v) is 15.0. The zero-order valence-electron chi connectivity index (χ0n) is 15.0. The minimum absolute atomic E-state index is 0.141. The van der Waals surface area contributed by atoms with Gasteiger partial charge in [-0.1, -0.05) is 11.3 Å². The van der Waals surface area contributed by atoms with Crippen LogP contribution < -0.4 is 10.6 Å². The molecule has 0 saturated heterocycles. The van der Waals surface area contributed by atoms with E-state index in [0.29, 0.717) is 16.8 Å². The molecule has 3 N–H and O–H groups in total. The smallest absolute Gasteiger partial charge is 0.369 e. The van der Waals surface area contributed by atoms with E-state index in [1.54, 1.807) is 18.3 Å². The monoisotopic (exact) mass is 404 g/mol. The molecule has 0 spiro atoms. The minimum atomic E-state index is -4.62. The fraction of sp³-hybridized carbons (Fsp3) is 0.111. The van der Waals surface area contributed by atoms with Crippen LogP contribution in [0.2, 0.25) is 0 Å². The number of halogens is 3. The van der Waals surface area contributed by atoms with Crippen LogP contribution in [0.1, 0.15) is 21.5 Å². The summed E-state index contributed by atoms with van der Waals surface area (Å²) in [4.78, 5) is 18.1. The molecule has 3 rings (SSSR count). The number of carbonyl (C=O) groups is 1. The van der Waals surface area contributed by atoms with E-state index in [4.69, 9.17) is 16.0 Å². The quantitative estimate of drug-likeness (QED) is 0.395. The number of guanidine groups is 1. The average Bonchev–Trinajstić information content (AvgIpc) is 3.20. The van der Waals surface area contributed by atoms with Gasteiger partial charge >= 0.3 is 6.18 Å². The average molecular weight is 404 g/mol. The second-order valence-corrected chi connectivity index (χ2v) is 5.95. The largest absolute Gasteiger partial charge is 0.416 e. The Morgan fingerprint density at radius 2 is 1.90 bits per heavy atom. The second-order valence-electron chi connectivity index (χ2n) is 5.95. The SMILES string of the molecule is Cc1ccc(C(F)(F)F)cc1C(=O)N(Oc1ccc(-n2ccnn2)cc1)C(=N)N. The van der Waals surface area contributed by atoms with Crippen molar-refractivity contribution in [1.29, 1.82) is 5.41 Å². The molecular formula is C18H15F3N6O2. The first kappa shape index (κ1) is 19.9. The number of hydrogen-bond acceptors (Lipinski definition) is 5. The van der Waals surface area contributed by atoms with E-state index >= 15 is 0 Å². The van der Waals surface area contributed by atoms with Crippen LogP contribution in [-0.2, 0) is 6.18 Å². The van der Waals surface area contributed by atoms with Crippen molar-refractivity contribution in [2.75, 3.05) is 0 Å². The number of aromatic nitrogens is 3. The molecule has 150 valence electrons. The number of benzene rings is 2. The Kier molecular flexibility index (Phi) is 5.22. The zero-order chi connectivity index (χ0) is 21.2. The molecule has 0 unspecified atom stereocenters. The summed E-state index contributed by atoms with van der Waals surface area (Å²) in [6.45, 7) is 1.47. The number of hydroxylamine groups is 2. The molecule has 29 heavy (non-hydrogen) atoms. The fourth-order valence-corrected chi connectivity index (χ4v) is 2.45. The van der Waals surface area contributed by atoms with Crippen molar-refractivity contribution in [2.45, 2.75) is 13.1 Å². The summed E-state index contributed by atoms with van der Waals surface area (Å²) in [5, 5.41) is 15.5. The van der Waals surface area contributed by atoms with Gasteiger partial charge in [0, 0.05) is 5.56 Å². The summed E-state index contributed by atoms with van der Waals surface area (Å²) in [6, 6.07) is 8.93. The van der Waals surface area contributed by atoms with Crippen molar-refractivity contribution >= 4 is 11.9 Å². The van der Waals surface area contributed by atoms with Crippen molar-refractivity contribution < 1.29 is 22.8 Å². The van der Waals surface area contributed by atoms with E-state index in [9.17, 15) is 18.0 Å². The Morgan fingerprint density at radius 3 is 2.45 bits per heavy atom. The number of nitrogens with two attached hydrogens (primary N) is 1. The number of amides is 1. The Bertz CT molecular complexity index is 1030. The highest BCUT2D eigenvalue weighted by Crippen LogP contribution is 2.31. The first-order valence-corrected chi connectivity index (χ1v) is 8.18. The first-order valence-electron chi connectivity index (χ1n) is 8.18. The van der Waals surface area contributed by atoms with E-state index in [1.807, 2.05) is 0 Å². The molecule has 0 aliphatic heterocycles. The molecular weight excluding hydrogens is 389 g/mol. The lowest BCUT2D eigenvalue weighted by atomic mass is 10.0. The van der Waals surface area contributed by atoms with Gasteiger partial charge in [-0.15, -0.1) is 10.2 Å². The lowest BCUT2D eigenvalue weighted by molar-refractivity contribution is -0.137. The number of hydrogen-bond donors (Lipinski definition) is 2. The number of carbonyl (C=O) groups excluding carboxylic acids is 1. The predicted octanol–water partition coefficient (Wildman–Crippen LogP) is 2.92. The van der Waals surface area contributed by atoms with Gasteiger partial charge in [-0.2, -0.15) is 13.2 Å². The third kappa shape index (κ3) is 4.34. The Morgan fingerprint density at radius 1 is 1.21 bits per heavy atom. The number of nitrogens with one attached hydrogen (secondary N) is 1. The van der Waals surface area contributed by atoms with Crippen LogP contribution in [0.25, 0.3) is 5.69 Å². The molecule has 11 heteroatoms. The highest BCUT2D eigenvalue weighted by atomic mass is 19.4. The standard InChI is InChI=1S/C18H15F3N6O2/c1-11-2-3-12(18(19,20)21)10-15(11)16(28)27(17(22)23)29-14-6-4-13(5-7-14)26-9-8-24-25-26/h2-10H,1H3,(H3,22,23). The topological polar surface area (TPSA) is 110 Å². The molecule has 0 fully saturated rings.